The summed E-state index contributed by atoms with van der Waals surface area (Å²) in [6.07, 6.45) is 5.64. The first-order valence-electron chi connectivity index (χ1n) is 14.9. The van der Waals surface area contributed by atoms with E-state index in [1.54, 1.807) is 6.07 Å². The van der Waals surface area contributed by atoms with Crippen molar-refractivity contribution in [1.82, 2.24) is 4.90 Å². The summed E-state index contributed by atoms with van der Waals surface area (Å²) in [6.45, 7) is 2.10. The van der Waals surface area contributed by atoms with E-state index in [2.05, 4.69) is 29.5 Å². The van der Waals surface area contributed by atoms with Crippen LogP contribution in [0.5, 0.6) is 11.5 Å². The molecule has 3 rings (SSSR count). The van der Waals surface area contributed by atoms with E-state index in [9.17, 15) is 29.7 Å². The zero-order valence-electron chi connectivity index (χ0n) is 25.2. The van der Waals surface area contributed by atoms with E-state index in [-0.39, 0.29) is 50.2 Å². The molecule has 238 valence electrons. The molecule has 4 atom stereocenters. The number of halogens is 1. The van der Waals surface area contributed by atoms with Gasteiger partial charge in [-0.3, -0.25) is 19.3 Å². The number of benzene rings is 1. The molecule has 1 fully saturated rings. The molecule has 0 saturated carbocycles. The Kier molecular flexibility index (Phi) is 13.5. The number of allylic oxidation sites excluding steroid dienone is 1. The van der Waals surface area contributed by atoms with Crippen molar-refractivity contribution in [3.05, 3.63) is 38.0 Å². The van der Waals surface area contributed by atoms with Crippen molar-refractivity contribution in [3.63, 3.8) is 0 Å². The lowest BCUT2D eigenvalue weighted by molar-refractivity contribution is -0.141. The van der Waals surface area contributed by atoms with Gasteiger partial charge in [0.2, 0.25) is 11.8 Å². The van der Waals surface area contributed by atoms with Crippen LogP contribution < -0.4 is 4.74 Å². The van der Waals surface area contributed by atoms with E-state index in [0.29, 0.717) is 47.0 Å². The Hall–Kier alpha value is -2.48. The number of aromatic hydroxyl groups is 1. The normalized spacial score (nSPS) is 21.4. The highest BCUT2D eigenvalue weighted by molar-refractivity contribution is 14.1. The number of hydrogen-bond acceptors (Lipinski definition) is 8. The molecule has 4 N–H and O–H groups in total. The number of aliphatic carboxylic acids is 1. The third-order valence-corrected chi connectivity index (χ3v) is 9.20. The van der Waals surface area contributed by atoms with Crippen molar-refractivity contribution in [3.8, 4) is 11.5 Å². The maximum absolute atomic E-state index is 13.5. The maximum Gasteiger partial charge on any atom is 0.303 e. The summed E-state index contributed by atoms with van der Waals surface area (Å²) in [6, 6.07) is 3.64. The molecule has 0 unspecified atom stereocenters. The number of rotatable bonds is 17. The Bertz CT molecular complexity index is 1230. The van der Waals surface area contributed by atoms with Crippen molar-refractivity contribution in [1.29, 1.82) is 0 Å². The molecular weight excluding hydrogens is 669 g/mol. The number of unbranched alkanes of at least 4 members (excludes halogenated alkanes) is 2. The molecule has 0 spiro atoms. The third-order valence-electron chi connectivity index (χ3n) is 8.37. The highest BCUT2D eigenvalue weighted by Crippen LogP contribution is 2.46. The molecule has 0 radical (unpaired) electrons. The molecule has 1 aromatic rings. The van der Waals surface area contributed by atoms with Gasteiger partial charge in [-0.1, -0.05) is 31.4 Å². The molecule has 1 heterocycles. The Balaban J connectivity index is 1.80. The molecule has 0 aromatic heterocycles. The van der Waals surface area contributed by atoms with Crippen LogP contribution in [0.4, 0.5) is 0 Å². The van der Waals surface area contributed by atoms with Crippen molar-refractivity contribution in [2.45, 2.75) is 70.8 Å². The molecule has 1 aliphatic carbocycles. The van der Waals surface area contributed by atoms with Gasteiger partial charge in [-0.2, -0.15) is 0 Å². The zero-order chi connectivity index (χ0) is 31.7. The summed E-state index contributed by atoms with van der Waals surface area (Å²) >= 11 is 2.06. The number of carbonyl (C=O) groups excluding carboxylic acids is 2. The standard InChI is InChI=1S/C32H44INO9/c1-4-8-19(13-20-14-24(33)30(39)26(15-20)43-3)10-11-25(36)28-21(18-42-2)16-22-29(23(28)17-35)32(41)34(31(22)40)12-7-5-6-9-27(37)38/h13-15,22-23,25,29,35-36,39H,4-12,16-18H2,1-3H3,(H,37,38)/b19-13+/t22-,23+,25-,29-/m1/s1. The van der Waals surface area contributed by atoms with Crippen LogP contribution in [0, 0.1) is 21.3 Å². The summed E-state index contributed by atoms with van der Waals surface area (Å²) in [4.78, 5) is 38.9. The average Bonchev–Trinajstić information content (AvgIpc) is 3.21. The molecule has 1 aliphatic heterocycles. The molecule has 43 heavy (non-hydrogen) atoms. The van der Waals surface area contributed by atoms with Gasteiger partial charge in [0.25, 0.3) is 0 Å². The summed E-state index contributed by atoms with van der Waals surface area (Å²) in [5.41, 5.74) is 3.32. The second kappa shape index (κ2) is 16.6. The van der Waals surface area contributed by atoms with Crippen molar-refractivity contribution >= 4 is 46.5 Å². The minimum Gasteiger partial charge on any atom is -0.504 e. The molecule has 0 bridgehead atoms. The number of carboxylic acid groups (broad SMARTS) is 1. The second-order valence-electron chi connectivity index (χ2n) is 11.3. The maximum atomic E-state index is 13.5. The van der Waals surface area contributed by atoms with E-state index < -0.39 is 29.8 Å². The van der Waals surface area contributed by atoms with E-state index in [1.165, 1.54) is 19.1 Å². The van der Waals surface area contributed by atoms with Crippen LogP contribution in [0.25, 0.3) is 6.08 Å². The van der Waals surface area contributed by atoms with Crippen LogP contribution >= 0.6 is 22.6 Å². The average molecular weight is 714 g/mol. The number of aliphatic hydroxyl groups is 2. The predicted octanol–water partition coefficient (Wildman–Crippen LogP) is 4.53. The fourth-order valence-electron chi connectivity index (χ4n) is 6.41. The van der Waals surface area contributed by atoms with Gasteiger partial charge in [0.05, 0.1) is 41.8 Å². The molecule has 2 aliphatic rings. The van der Waals surface area contributed by atoms with Gasteiger partial charge >= 0.3 is 5.97 Å². The Morgan fingerprint density at radius 1 is 1.14 bits per heavy atom. The lowest BCUT2D eigenvalue weighted by Gasteiger charge is -2.36. The number of amides is 2. The summed E-state index contributed by atoms with van der Waals surface area (Å²) < 4.78 is 11.4. The smallest absolute Gasteiger partial charge is 0.303 e. The Morgan fingerprint density at radius 2 is 1.88 bits per heavy atom. The first-order valence-corrected chi connectivity index (χ1v) is 16.0. The highest BCUT2D eigenvalue weighted by atomic mass is 127. The number of aliphatic hydroxyl groups excluding tert-OH is 2. The summed E-state index contributed by atoms with van der Waals surface area (Å²) in [7, 11) is 3.04. The van der Waals surface area contributed by atoms with E-state index >= 15 is 0 Å². The second-order valence-corrected chi connectivity index (χ2v) is 12.5. The number of hydrogen-bond donors (Lipinski definition) is 4. The van der Waals surface area contributed by atoms with Crippen molar-refractivity contribution < 1.29 is 44.3 Å². The Morgan fingerprint density at radius 3 is 2.51 bits per heavy atom. The number of carbonyl (C=O) groups is 3. The molecule has 1 aromatic carbocycles. The number of phenolic OH excluding ortho intramolecular Hbond substituents is 1. The van der Waals surface area contributed by atoms with E-state index in [1.807, 2.05) is 12.1 Å². The summed E-state index contributed by atoms with van der Waals surface area (Å²) in [5, 5.41) is 41.1. The van der Waals surface area contributed by atoms with Crippen LogP contribution in [-0.2, 0) is 19.1 Å². The van der Waals surface area contributed by atoms with Crippen LogP contribution in [0.3, 0.4) is 0 Å². The fraction of sp³-hybridized carbons (Fsp3) is 0.594. The van der Waals surface area contributed by atoms with Crippen molar-refractivity contribution in [2.75, 3.05) is 34.0 Å². The lowest BCUT2D eigenvalue weighted by Crippen LogP contribution is -2.39. The quantitative estimate of drug-likeness (QED) is 0.0790. The Labute approximate surface area is 266 Å². The first-order chi connectivity index (χ1) is 20.6. The highest BCUT2D eigenvalue weighted by Gasteiger charge is 2.54. The van der Waals surface area contributed by atoms with Gasteiger partial charge in [-0.15, -0.1) is 0 Å². The van der Waals surface area contributed by atoms with Gasteiger partial charge in [0, 0.05) is 26.0 Å². The number of fused-ring (bicyclic) bond motifs is 1. The number of imide groups is 1. The number of ether oxygens (including phenoxy) is 2. The zero-order valence-corrected chi connectivity index (χ0v) is 27.3. The van der Waals surface area contributed by atoms with E-state index in [4.69, 9.17) is 14.6 Å². The van der Waals surface area contributed by atoms with Gasteiger partial charge < -0.3 is 29.9 Å². The fourth-order valence-corrected chi connectivity index (χ4v) is 7.04. The molecule has 2 amide bonds. The first kappa shape index (κ1) is 35.0. The van der Waals surface area contributed by atoms with Gasteiger partial charge in [-0.05, 0) is 90.0 Å². The number of carboxylic acids is 1. The van der Waals surface area contributed by atoms with Crippen molar-refractivity contribution in [2.24, 2.45) is 17.8 Å². The number of methoxy groups -OCH3 is 2. The minimum atomic E-state index is -0.939. The number of phenols is 1. The lowest BCUT2D eigenvalue weighted by atomic mass is 9.68. The van der Waals surface area contributed by atoms with Gasteiger partial charge in [0.1, 0.15) is 0 Å². The SMILES string of the molecule is CCC/C(=C\c1cc(I)c(O)c(OC)c1)CC[C@@H](O)C1=C(COC)C[C@H]2C(=O)N(CCCCCC(=O)O)C(=O)[C@H]2[C@H]1CO. The summed E-state index contributed by atoms with van der Waals surface area (Å²) in [5.74, 6) is -3.08. The van der Waals surface area contributed by atoms with Crippen LogP contribution in [0.2, 0.25) is 0 Å². The monoisotopic (exact) mass is 713 g/mol. The predicted molar refractivity (Wildman–Crippen MR) is 169 cm³/mol. The van der Waals surface area contributed by atoms with Gasteiger partial charge in [-0.25, -0.2) is 0 Å². The molecule has 1 saturated heterocycles. The number of likely N-dealkylation sites (tertiary alicyclic amines) is 1. The third kappa shape index (κ3) is 8.58. The molecular formula is C32H44INO9. The van der Waals surface area contributed by atoms with Crippen LogP contribution in [-0.4, -0.2) is 83.2 Å². The number of nitrogens with zero attached hydrogens (tertiary/aromatic N) is 1. The minimum absolute atomic E-state index is 0.0445. The van der Waals surface area contributed by atoms with E-state index in [0.717, 1.165) is 29.6 Å². The topological polar surface area (TPSA) is 154 Å². The molecule has 10 nitrogen and oxygen atoms in total. The van der Waals surface area contributed by atoms with Crippen LogP contribution in [0.15, 0.2) is 28.9 Å². The van der Waals surface area contributed by atoms with Gasteiger partial charge in [0.15, 0.2) is 11.5 Å². The largest absolute Gasteiger partial charge is 0.504 e. The molecule has 11 heteroatoms. The van der Waals surface area contributed by atoms with Crippen LogP contribution in [0.1, 0.15) is 70.3 Å².